The molecule has 31 heavy (non-hydrogen) atoms. The third-order valence-corrected chi connectivity index (χ3v) is 7.05. The zero-order valence-electron chi connectivity index (χ0n) is 17.7. The molecule has 0 spiro atoms. The second kappa shape index (κ2) is 8.54. The SMILES string of the molecule is O=CC1CCN(c2ccc([C@H]3c4ccc(O)cc4CC[C@H]3c3cccnc3)cc2)CC1. The maximum atomic E-state index is 11.1. The molecule has 1 aromatic heterocycles. The van der Waals surface area contributed by atoms with E-state index < -0.39 is 0 Å². The van der Waals surface area contributed by atoms with Gasteiger partial charge in [-0.2, -0.15) is 0 Å². The minimum absolute atomic E-state index is 0.214. The molecule has 1 aliphatic carbocycles. The summed E-state index contributed by atoms with van der Waals surface area (Å²) in [5.74, 6) is 1.15. The van der Waals surface area contributed by atoms with Crippen molar-refractivity contribution in [2.24, 2.45) is 5.92 Å². The molecule has 1 saturated heterocycles. The number of phenolic OH excluding ortho intramolecular Hbond substituents is 1. The molecule has 0 radical (unpaired) electrons. The fourth-order valence-corrected chi connectivity index (χ4v) is 5.36. The minimum Gasteiger partial charge on any atom is -0.508 e. The number of pyridine rings is 1. The summed E-state index contributed by atoms with van der Waals surface area (Å²) >= 11 is 0. The highest BCUT2D eigenvalue weighted by Gasteiger charge is 2.32. The zero-order chi connectivity index (χ0) is 21.2. The van der Waals surface area contributed by atoms with Crippen molar-refractivity contribution >= 4 is 12.0 Å². The third-order valence-electron chi connectivity index (χ3n) is 7.05. The Bertz CT molecular complexity index is 1040. The molecule has 0 unspecified atom stereocenters. The number of piperidine rings is 1. The molecule has 158 valence electrons. The van der Waals surface area contributed by atoms with Crippen LogP contribution in [0.4, 0.5) is 5.69 Å². The molecule has 1 N–H and O–H groups in total. The van der Waals surface area contributed by atoms with Gasteiger partial charge in [-0.3, -0.25) is 4.98 Å². The van der Waals surface area contributed by atoms with E-state index in [9.17, 15) is 9.90 Å². The number of hydrogen-bond acceptors (Lipinski definition) is 4. The molecule has 4 nitrogen and oxygen atoms in total. The molecule has 3 aromatic rings. The van der Waals surface area contributed by atoms with E-state index in [1.54, 1.807) is 0 Å². The second-order valence-electron chi connectivity index (χ2n) is 8.84. The normalized spacial score (nSPS) is 21.5. The van der Waals surface area contributed by atoms with Gasteiger partial charge in [0.1, 0.15) is 12.0 Å². The van der Waals surface area contributed by atoms with Crippen molar-refractivity contribution in [1.82, 2.24) is 4.98 Å². The molecule has 0 bridgehead atoms. The van der Waals surface area contributed by atoms with Gasteiger partial charge in [-0.1, -0.05) is 24.3 Å². The van der Waals surface area contributed by atoms with Crippen molar-refractivity contribution in [1.29, 1.82) is 0 Å². The van der Waals surface area contributed by atoms with Crippen LogP contribution in [0.2, 0.25) is 0 Å². The van der Waals surface area contributed by atoms with Crippen LogP contribution in [0.5, 0.6) is 5.75 Å². The van der Waals surface area contributed by atoms with Crippen LogP contribution in [-0.4, -0.2) is 29.5 Å². The van der Waals surface area contributed by atoms with E-state index >= 15 is 0 Å². The first kappa shape index (κ1) is 19.8. The van der Waals surface area contributed by atoms with Gasteiger partial charge in [-0.25, -0.2) is 0 Å². The Morgan fingerprint density at radius 1 is 0.968 bits per heavy atom. The number of aromatic nitrogens is 1. The van der Waals surface area contributed by atoms with Gasteiger partial charge >= 0.3 is 0 Å². The van der Waals surface area contributed by atoms with E-state index in [-0.39, 0.29) is 11.8 Å². The molecule has 2 heterocycles. The Balaban J connectivity index is 1.47. The van der Waals surface area contributed by atoms with Gasteiger partial charge in [0.2, 0.25) is 0 Å². The van der Waals surface area contributed by atoms with E-state index in [0.29, 0.717) is 11.7 Å². The first-order valence-corrected chi connectivity index (χ1v) is 11.2. The van der Waals surface area contributed by atoms with Gasteiger partial charge < -0.3 is 14.8 Å². The largest absolute Gasteiger partial charge is 0.508 e. The standard InChI is InChI=1S/C27H28N2O2/c30-18-19-11-14-29(15-12-19)23-6-3-20(4-7-23)27-25-10-8-24(31)16-21(25)5-9-26(27)22-2-1-13-28-17-22/h1-4,6-8,10,13,16-19,26-27,31H,5,9,11-12,14-15H2/t26-,27-/m0/s1. The molecule has 1 fully saturated rings. The lowest BCUT2D eigenvalue weighted by Gasteiger charge is -2.35. The monoisotopic (exact) mass is 412 g/mol. The number of hydrogen-bond donors (Lipinski definition) is 1. The maximum Gasteiger partial charge on any atom is 0.123 e. The maximum absolute atomic E-state index is 11.1. The lowest BCUT2D eigenvalue weighted by Crippen LogP contribution is -2.34. The highest BCUT2D eigenvalue weighted by Crippen LogP contribution is 2.47. The Labute approximate surface area is 183 Å². The van der Waals surface area contributed by atoms with Crippen LogP contribution in [0.25, 0.3) is 0 Å². The molecule has 5 rings (SSSR count). The predicted molar refractivity (Wildman–Crippen MR) is 123 cm³/mol. The minimum atomic E-state index is 0.214. The highest BCUT2D eigenvalue weighted by molar-refractivity contribution is 5.56. The highest BCUT2D eigenvalue weighted by atomic mass is 16.3. The number of nitrogens with zero attached hydrogens (tertiary/aromatic N) is 2. The molecule has 0 amide bonds. The predicted octanol–water partition coefficient (Wildman–Crippen LogP) is 5.06. The van der Waals surface area contributed by atoms with Crippen molar-refractivity contribution in [2.75, 3.05) is 18.0 Å². The molecular formula is C27H28N2O2. The summed E-state index contributed by atoms with van der Waals surface area (Å²) in [5, 5.41) is 10.0. The van der Waals surface area contributed by atoms with Gasteiger partial charge in [-0.05, 0) is 84.2 Å². The van der Waals surface area contributed by atoms with Crippen LogP contribution >= 0.6 is 0 Å². The lowest BCUT2D eigenvalue weighted by atomic mass is 9.69. The number of rotatable bonds is 4. The van der Waals surface area contributed by atoms with Crippen LogP contribution in [0.1, 0.15) is 53.4 Å². The van der Waals surface area contributed by atoms with Crippen molar-refractivity contribution in [3.05, 3.63) is 89.2 Å². The molecule has 2 aromatic carbocycles. The van der Waals surface area contributed by atoms with E-state index in [0.717, 1.165) is 45.1 Å². The van der Waals surface area contributed by atoms with Gasteiger partial charge in [0, 0.05) is 43.0 Å². The molecule has 2 aliphatic rings. The number of carbonyl (C=O) groups excluding carboxylic acids is 1. The van der Waals surface area contributed by atoms with Gasteiger partial charge in [0.25, 0.3) is 0 Å². The fourth-order valence-electron chi connectivity index (χ4n) is 5.36. The average Bonchev–Trinajstić information content (AvgIpc) is 2.84. The summed E-state index contributed by atoms with van der Waals surface area (Å²) in [6, 6.07) is 19.0. The zero-order valence-corrected chi connectivity index (χ0v) is 17.7. The summed E-state index contributed by atoms with van der Waals surface area (Å²) in [6.07, 6.45) is 8.81. The topological polar surface area (TPSA) is 53.4 Å². The molecular weight excluding hydrogens is 384 g/mol. The number of aldehydes is 1. The number of fused-ring (bicyclic) bond motifs is 1. The smallest absolute Gasteiger partial charge is 0.123 e. The summed E-state index contributed by atoms with van der Waals surface area (Å²) in [5.41, 5.74) is 6.34. The summed E-state index contributed by atoms with van der Waals surface area (Å²) in [7, 11) is 0. The molecule has 0 saturated carbocycles. The summed E-state index contributed by atoms with van der Waals surface area (Å²) in [4.78, 5) is 17.8. The van der Waals surface area contributed by atoms with E-state index in [1.165, 1.54) is 27.9 Å². The van der Waals surface area contributed by atoms with Crippen LogP contribution < -0.4 is 4.90 Å². The number of carbonyl (C=O) groups is 1. The fraction of sp³-hybridized carbons (Fsp3) is 0.333. The van der Waals surface area contributed by atoms with Gasteiger partial charge in [0.05, 0.1) is 0 Å². The Kier molecular flexibility index (Phi) is 5.46. The first-order chi connectivity index (χ1) is 15.2. The lowest BCUT2D eigenvalue weighted by molar-refractivity contribution is -0.111. The summed E-state index contributed by atoms with van der Waals surface area (Å²) < 4.78 is 0. The van der Waals surface area contributed by atoms with Crippen molar-refractivity contribution in [2.45, 2.75) is 37.5 Å². The first-order valence-electron chi connectivity index (χ1n) is 11.2. The molecule has 1 aliphatic heterocycles. The van der Waals surface area contributed by atoms with E-state index in [4.69, 9.17) is 0 Å². The number of anilines is 1. The number of benzene rings is 2. The van der Waals surface area contributed by atoms with Crippen LogP contribution in [0.15, 0.2) is 67.0 Å². The van der Waals surface area contributed by atoms with E-state index in [1.807, 2.05) is 30.6 Å². The second-order valence-corrected chi connectivity index (χ2v) is 8.84. The summed E-state index contributed by atoms with van der Waals surface area (Å²) in [6.45, 7) is 1.87. The van der Waals surface area contributed by atoms with Crippen molar-refractivity contribution in [3.8, 4) is 5.75 Å². The van der Waals surface area contributed by atoms with Gasteiger partial charge in [-0.15, -0.1) is 0 Å². The Morgan fingerprint density at radius 2 is 1.77 bits per heavy atom. The van der Waals surface area contributed by atoms with Crippen LogP contribution in [0, 0.1) is 5.92 Å². The average molecular weight is 413 g/mol. The van der Waals surface area contributed by atoms with E-state index in [2.05, 4.69) is 46.3 Å². The van der Waals surface area contributed by atoms with Crippen LogP contribution in [-0.2, 0) is 11.2 Å². The van der Waals surface area contributed by atoms with Crippen LogP contribution in [0.3, 0.4) is 0 Å². The number of phenols is 1. The van der Waals surface area contributed by atoms with Crippen molar-refractivity contribution in [3.63, 3.8) is 0 Å². The number of aromatic hydroxyl groups is 1. The number of aryl methyl sites for hydroxylation is 1. The van der Waals surface area contributed by atoms with Gasteiger partial charge in [0.15, 0.2) is 0 Å². The molecule has 2 atom stereocenters. The van der Waals surface area contributed by atoms with Crippen molar-refractivity contribution < 1.29 is 9.90 Å². The molecule has 4 heteroatoms. The quantitative estimate of drug-likeness (QED) is 0.608. The Hall–Kier alpha value is -3.14. The Morgan fingerprint density at radius 3 is 2.48 bits per heavy atom. The third kappa shape index (κ3) is 3.95.